The summed E-state index contributed by atoms with van der Waals surface area (Å²) in [7, 11) is 0. The van der Waals surface area contributed by atoms with E-state index in [0.29, 0.717) is 5.69 Å². The molecule has 0 unspecified atom stereocenters. The third kappa shape index (κ3) is 3.36. The smallest absolute Gasteiger partial charge is 0.184 e. The SMILES string of the molecule is C=CCOc1cc(F)c(F)c(Nc2ccc(CC)cc2)c1N. The average molecular weight is 304 g/mol. The molecule has 0 spiro atoms. The molecule has 0 saturated heterocycles. The number of aryl methyl sites for hydroxylation is 1. The van der Waals surface area contributed by atoms with Gasteiger partial charge in [0.2, 0.25) is 0 Å². The summed E-state index contributed by atoms with van der Waals surface area (Å²) in [5, 5.41) is 2.80. The van der Waals surface area contributed by atoms with Gasteiger partial charge in [-0.3, -0.25) is 0 Å². The van der Waals surface area contributed by atoms with E-state index in [1.54, 1.807) is 12.1 Å². The van der Waals surface area contributed by atoms with E-state index in [4.69, 9.17) is 10.5 Å². The van der Waals surface area contributed by atoms with Crippen molar-refractivity contribution >= 4 is 17.1 Å². The zero-order chi connectivity index (χ0) is 16.1. The molecule has 2 aromatic carbocycles. The lowest BCUT2D eigenvalue weighted by Crippen LogP contribution is -2.06. The molecule has 0 aliphatic carbocycles. The number of nitrogens with two attached hydrogens (primary N) is 1. The van der Waals surface area contributed by atoms with Crippen molar-refractivity contribution in [3.05, 3.63) is 60.2 Å². The lowest BCUT2D eigenvalue weighted by atomic mass is 10.1. The van der Waals surface area contributed by atoms with Gasteiger partial charge in [0.05, 0.1) is 0 Å². The van der Waals surface area contributed by atoms with Crippen molar-refractivity contribution in [1.29, 1.82) is 0 Å². The Kier molecular flexibility index (Phi) is 4.99. The molecule has 0 atom stereocenters. The van der Waals surface area contributed by atoms with E-state index in [1.165, 1.54) is 6.08 Å². The minimum atomic E-state index is -1.04. The Morgan fingerprint density at radius 1 is 1.27 bits per heavy atom. The van der Waals surface area contributed by atoms with E-state index in [-0.39, 0.29) is 23.7 Å². The standard InChI is InChI=1S/C17H18F2N2O/c1-3-9-22-14-10-13(18)15(19)17(16(14)20)21-12-7-5-11(4-2)6-8-12/h3,5-8,10,21H,1,4,9,20H2,2H3. The first-order chi connectivity index (χ1) is 10.6. The molecule has 2 rings (SSSR count). The Balaban J connectivity index is 2.35. The second kappa shape index (κ2) is 6.93. The summed E-state index contributed by atoms with van der Waals surface area (Å²) in [5.74, 6) is -1.99. The highest BCUT2D eigenvalue weighted by atomic mass is 19.2. The highest BCUT2D eigenvalue weighted by Gasteiger charge is 2.17. The van der Waals surface area contributed by atoms with E-state index in [9.17, 15) is 8.78 Å². The van der Waals surface area contributed by atoms with E-state index < -0.39 is 11.6 Å². The van der Waals surface area contributed by atoms with E-state index in [1.807, 2.05) is 19.1 Å². The van der Waals surface area contributed by atoms with Crippen molar-refractivity contribution in [2.75, 3.05) is 17.7 Å². The van der Waals surface area contributed by atoms with Crippen LogP contribution in [-0.4, -0.2) is 6.61 Å². The highest BCUT2D eigenvalue weighted by Crippen LogP contribution is 2.36. The van der Waals surface area contributed by atoms with Crippen molar-refractivity contribution < 1.29 is 13.5 Å². The molecule has 0 bridgehead atoms. The van der Waals surface area contributed by atoms with Crippen LogP contribution >= 0.6 is 0 Å². The minimum absolute atomic E-state index is 0.0142. The number of ether oxygens (including phenoxy) is 1. The van der Waals surface area contributed by atoms with Gasteiger partial charge in [0, 0.05) is 11.8 Å². The number of rotatable bonds is 6. The van der Waals surface area contributed by atoms with Crippen molar-refractivity contribution in [3.63, 3.8) is 0 Å². The summed E-state index contributed by atoms with van der Waals surface area (Å²) in [4.78, 5) is 0. The van der Waals surface area contributed by atoms with Crippen LogP contribution in [0.3, 0.4) is 0 Å². The number of hydrogen-bond donors (Lipinski definition) is 2. The number of halogens is 2. The van der Waals surface area contributed by atoms with Gasteiger partial charge in [-0.25, -0.2) is 8.78 Å². The number of nitrogens with one attached hydrogen (secondary N) is 1. The van der Waals surface area contributed by atoms with Crippen LogP contribution in [0.15, 0.2) is 43.0 Å². The van der Waals surface area contributed by atoms with Crippen molar-refractivity contribution in [3.8, 4) is 5.75 Å². The molecular weight excluding hydrogens is 286 g/mol. The maximum atomic E-state index is 14.0. The molecule has 22 heavy (non-hydrogen) atoms. The van der Waals surface area contributed by atoms with Crippen LogP contribution in [-0.2, 0) is 6.42 Å². The van der Waals surface area contributed by atoms with Crippen LogP contribution in [0.4, 0.5) is 25.8 Å². The zero-order valence-corrected chi connectivity index (χ0v) is 12.3. The second-order valence-corrected chi connectivity index (χ2v) is 4.73. The normalized spacial score (nSPS) is 10.3. The van der Waals surface area contributed by atoms with Crippen molar-refractivity contribution in [2.24, 2.45) is 0 Å². The molecule has 0 saturated carbocycles. The Hall–Kier alpha value is -2.56. The largest absolute Gasteiger partial charge is 0.487 e. The molecule has 0 fully saturated rings. The third-order valence-electron chi connectivity index (χ3n) is 3.21. The number of anilines is 3. The van der Waals surface area contributed by atoms with Crippen LogP contribution in [0.1, 0.15) is 12.5 Å². The summed E-state index contributed by atoms with van der Waals surface area (Å²) in [6.45, 7) is 5.69. The van der Waals surface area contributed by atoms with Crippen LogP contribution < -0.4 is 15.8 Å². The molecular formula is C17H18F2N2O. The minimum Gasteiger partial charge on any atom is -0.487 e. The van der Waals surface area contributed by atoms with Crippen LogP contribution in [0.5, 0.6) is 5.75 Å². The first-order valence-corrected chi connectivity index (χ1v) is 6.94. The fourth-order valence-corrected chi connectivity index (χ4v) is 1.98. The lowest BCUT2D eigenvalue weighted by Gasteiger charge is -2.15. The molecule has 3 nitrogen and oxygen atoms in total. The van der Waals surface area contributed by atoms with Gasteiger partial charge in [-0.2, -0.15) is 0 Å². The Morgan fingerprint density at radius 2 is 1.95 bits per heavy atom. The lowest BCUT2D eigenvalue weighted by molar-refractivity contribution is 0.361. The molecule has 3 N–H and O–H groups in total. The quantitative estimate of drug-likeness (QED) is 0.613. The van der Waals surface area contributed by atoms with Gasteiger partial charge in [-0.1, -0.05) is 31.7 Å². The van der Waals surface area contributed by atoms with Crippen LogP contribution in [0, 0.1) is 11.6 Å². The summed E-state index contributed by atoms with van der Waals surface area (Å²) in [6.07, 6.45) is 2.40. The predicted octanol–water partition coefficient (Wildman–Crippen LogP) is 4.42. The monoisotopic (exact) mass is 304 g/mol. The third-order valence-corrected chi connectivity index (χ3v) is 3.21. The van der Waals surface area contributed by atoms with Gasteiger partial charge < -0.3 is 15.8 Å². The molecule has 0 amide bonds. The first-order valence-electron chi connectivity index (χ1n) is 6.94. The zero-order valence-electron chi connectivity index (χ0n) is 12.3. The molecule has 116 valence electrons. The van der Waals surface area contributed by atoms with Gasteiger partial charge in [-0.15, -0.1) is 0 Å². The maximum Gasteiger partial charge on any atom is 0.184 e. The molecule has 0 aromatic heterocycles. The van der Waals surface area contributed by atoms with E-state index >= 15 is 0 Å². The summed E-state index contributed by atoms with van der Waals surface area (Å²) < 4.78 is 32.9. The topological polar surface area (TPSA) is 47.3 Å². The molecule has 5 heteroatoms. The van der Waals surface area contributed by atoms with E-state index in [2.05, 4.69) is 11.9 Å². The van der Waals surface area contributed by atoms with Gasteiger partial charge in [0.1, 0.15) is 23.7 Å². The summed E-state index contributed by atoms with van der Waals surface area (Å²) in [6, 6.07) is 8.31. The fourth-order valence-electron chi connectivity index (χ4n) is 1.98. The van der Waals surface area contributed by atoms with Gasteiger partial charge in [-0.05, 0) is 24.1 Å². The van der Waals surface area contributed by atoms with Crippen LogP contribution in [0.2, 0.25) is 0 Å². The summed E-state index contributed by atoms with van der Waals surface area (Å²) in [5.41, 5.74) is 7.51. The van der Waals surface area contributed by atoms with Gasteiger partial charge in [0.25, 0.3) is 0 Å². The fraction of sp³-hybridized carbons (Fsp3) is 0.176. The molecule has 0 radical (unpaired) electrons. The molecule has 0 aliphatic heterocycles. The summed E-state index contributed by atoms with van der Waals surface area (Å²) >= 11 is 0. The Labute approximate surface area is 128 Å². The number of nitrogen functional groups attached to an aromatic ring is 1. The molecule has 2 aromatic rings. The van der Waals surface area contributed by atoms with E-state index in [0.717, 1.165) is 18.1 Å². The number of hydrogen-bond acceptors (Lipinski definition) is 3. The van der Waals surface area contributed by atoms with Crippen LogP contribution in [0.25, 0.3) is 0 Å². The number of benzene rings is 2. The Bertz CT molecular complexity index is 669. The van der Waals surface area contributed by atoms with Crippen molar-refractivity contribution in [1.82, 2.24) is 0 Å². The average Bonchev–Trinajstić information content (AvgIpc) is 2.54. The Morgan fingerprint density at radius 3 is 2.55 bits per heavy atom. The van der Waals surface area contributed by atoms with Crippen molar-refractivity contribution in [2.45, 2.75) is 13.3 Å². The predicted molar refractivity (Wildman–Crippen MR) is 85.6 cm³/mol. The molecule has 0 heterocycles. The maximum absolute atomic E-state index is 14.0. The second-order valence-electron chi connectivity index (χ2n) is 4.73. The van der Waals surface area contributed by atoms with Gasteiger partial charge >= 0.3 is 0 Å². The molecule has 0 aliphatic rings. The first kappa shape index (κ1) is 15.8. The van der Waals surface area contributed by atoms with Gasteiger partial charge in [0.15, 0.2) is 11.6 Å². The highest BCUT2D eigenvalue weighted by molar-refractivity contribution is 5.78.